The smallest absolute Gasteiger partial charge is 0.328 e. The Labute approximate surface area is 112 Å². The largest absolute Gasteiger partial charge is 0.382 e. The van der Waals surface area contributed by atoms with E-state index in [1.807, 2.05) is 30.3 Å². The van der Waals surface area contributed by atoms with E-state index in [0.717, 1.165) is 5.56 Å². The fourth-order valence-corrected chi connectivity index (χ4v) is 2.11. The number of nitrogens with one attached hydrogen (secondary N) is 1. The molecular formula is C12H10ClN5O. The predicted molar refractivity (Wildman–Crippen MR) is 73.1 cm³/mol. The molecule has 6 nitrogen and oxygen atoms in total. The molecule has 0 saturated carbocycles. The Hall–Kier alpha value is -2.34. The number of hydrogen-bond donors (Lipinski definition) is 2. The van der Waals surface area contributed by atoms with Crippen LogP contribution in [0.5, 0.6) is 0 Å². The van der Waals surface area contributed by atoms with Crippen LogP contribution in [0.3, 0.4) is 0 Å². The molecule has 0 saturated heterocycles. The first kappa shape index (κ1) is 11.7. The van der Waals surface area contributed by atoms with E-state index in [-0.39, 0.29) is 16.8 Å². The lowest BCUT2D eigenvalue weighted by atomic mass is 10.2. The van der Waals surface area contributed by atoms with Gasteiger partial charge in [-0.3, -0.25) is 4.57 Å². The highest BCUT2D eigenvalue weighted by atomic mass is 35.5. The molecule has 19 heavy (non-hydrogen) atoms. The number of anilines is 1. The second kappa shape index (κ2) is 4.40. The van der Waals surface area contributed by atoms with Crippen LogP contribution in [0.4, 0.5) is 5.82 Å². The third-order valence-electron chi connectivity index (χ3n) is 2.81. The molecular weight excluding hydrogens is 266 g/mol. The van der Waals surface area contributed by atoms with Crippen LogP contribution in [-0.2, 0) is 6.54 Å². The lowest BCUT2D eigenvalue weighted by molar-refractivity contribution is 0.777. The van der Waals surface area contributed by atoms with Crippen molar-refractivity contribution in [2.75, 3.05) is 5.73 Å². The van der Waals surface area contributed by atoms with E-state index in [1.54, 1.807) is 0 Å². The molecule has 0 atom stereocenters. The Kier molecular flexibility index (Phi) is 2.72. The lowest BCUT2D eigenvalue weighted by Crippen LogP contribution is -2.17. The van der Waals surface area contributed by atoms with Crippen molar-refractivity contribution in [3.63, 3.8) is 0 Å². The van der Waals surface area contributed by atoms with Gasteiger partial charge in [0.25, 0.3) is 0 Å². The second-order valence-corrected chi connectivity index (χ2v) is 4.42. The average Bonchev–Trinajstić information content (AvgIpc) is 2.69. The van der Waals surface area contributed by atoms with Crippen molar-refractivity contribution < 1.29 is 0 Å². The van der Waals surface area contributed by atoms with E-state index in [2.05, 4.69) is 15.0 Å². The van der Waals surface area contributed by atoms with Gasteiger partial charge in [0.15, 0.2) is 11.5 Å². The third kappa shape index (κ3) is 2.06. The van der Waals surface area contributed by atoms with Gasteiger partial charge in [-0.1, -0.05) is 30.3 Å². The number of imidazole rings is 1. The van der Waals surface area contributed by atoms with Gasteiger partial charge in [0.05, 0.1) is 6.54 Å². The predicted octanol–water partition coefficient (Wildman–Crippen LogP) is 1.40. The van der Waals surface area contributed by atoms with Crippen LogP contribution in [-0.4, -0.2) is 19.5 Å². The van der Waals surface area contributed by atoms with E-state index < -0.39 is 0 Å². The fraction of sp³-hybridized carbons (Fsp3) is 0.0833. The molecule has 0 bridgehead atoms. The number of benzene rings is 1. The third-order valence-corrected chi connectivity index (χ3v) is 2.98. The number of nitrogens with zero attached hydrogens (tertiary/aromatic N) is 3. The Morgan fingerprint density at radius 1 is 1.26 bits per heavy atom. The summed E-state index contributed by atoms with van der Waals surface area (Å²) in [6, 6.07) is 9.59. The maximum absolute atomic E-state index is 11.9. The van der Waals surface area contributed by atoms with Gasteiger partial charge in [-0.2, -0.15) is 9.97 Å². The Morgan fingerprint density at radius 3 is 2.74 bits per heavy atom. The highest BCUT2D eigenvalue weighted by Gasteiger charge is 2.13. The molecule has 0 aliphatic carbocycles. The summed E-state index contributed by atoms with van der Waals surface area (Å²) in [5.41, 5.74) is 7.23. The number of rotatable bonds is 2. The quantitative estimate of drug-likeness (QED) is 0.692. The molecule has 0 amide bonds. The van der Waals surface area contributed by atoms with Gasteiger partial charge < -0.3 is 10.7 Å². The van der Waals surface area contributed by atoms with Crippen molar-refractivity contribution in [3.8, 4) is 0 Å². The first-order valence-electron chi connectivity index (χ1n) is 5.60. The minimum Gasteiger partial charge on any atom is -0.382 e. The Bertz CT molecular complexity index is 793. The molecule has 1 aromatic carbocycles. The summed E-state index contributed by atoms with van der Waals surface area (Å²) >= 11 is 5.78. The number of fused-ring (bicyclic) bond motifs is 1. The van der Waals surface area contributed by atoms with E-state index >= 15 is 0 Å². The molecule has 7 heteroatoms. The molecule has 3 rings (SSSR count). The van der Waals surface area contributed by atoms with Crippen LogP contribution in [0, 0.1) is 0 Å². The van der Waals surface area contributed by atoms with Gasteiger partial charge in [-0.05, 0) is 17.2 Å². The Balaban J connectivity index is 2.18. The number of aromatic amines is 1. The number of halogens is 1. The summed E-state index contributed by atoms with van der Waals surface area (Å²) in [6.07, 6.45) is 0. The number of aromatic nitrogens is 4. The summed E-state index contributed by atoms with van der Waals surface area (Å²) in [6.45, 7) is 0.395. The topological polar surface area (TPSA) is 89.6 Å². The summed E-state index contributed by atoms with van der Waals surface area (Å²) < 4.78 is 1.48. The Morgan fingerprint density at radius 2 is 2.00 bits per heavy atom. The van der Waals surface area contributed by atoms with Gasteiger partial charge in [-0.25, -0.2) is 4.79 Å². The lowest BCUT2D eigenvalue weighted by Gasteiger charge is -2.03. The molecule has 0 spiro atoms. The summed E-state index contributed by atoms with van der Waals surface area (Å²) in [5.74, 6) is 0.166. The van der Waals surface area contributed by atoms with Crippen molar-refractivity contribution in [1.82, 2.24) is 19.5 Å². The molecule has 0 aliphatic rings. The monoisotopic (exact) mass is 275 g/mol. The van der Waals surface area contributed by atoms with E-state index in [9.17, 15) is 4.79 Å². The van der Waals surface area contributed by atoms with Crippen LogP contribution in [0.25, 0.3) is 11.2 Å². The zero-order chi connectivity index (χ0) is 13.4. The van der Waals surface area contributed by atoms with E-state index in [0.29, 0.717) is 17.7 Å². The maximum atomic E-state index is 11.9. The molecule has 0 aliphatic heterocycles. The van der Waals surface area contributed by atoms with Crippen LogP contribution in [0.1, 0.15) is 5.56 Å². The van der Waals surface area contributed by atoms with Crippen LogP contribution < -0.4 is 11.4 Å². The minimum absolute atomic E-state index is 0.0193. The molecule has 3 aromatic rings. The molecule has 0 unspecified atom stereocenters. The highest BCUT2D eigenvalue weighted by molar-refractivity contribution is 6.28. The van der Waals surface area contributed by atoms with Crippen LogP contribution in [0.15, 0.2) is 35.1 Å². The number of H-pyrrole nitrogens is 1. The van der Waals surface area contributed by atoms with E-state index in [1.165, 1.54) is 4.57 Å². The minimum atomic E-state index is -0.290. The SMILES string of the molecule is Nc1nc(Cl)nc2c1[nH]c(=O)n2Cc1ccccc1. The molecule has 0 fully saturated rings. The van der Waals surface area contributed by atoms with Crippen molar-refractivity contribution >= 4 is 28.6 Å². The first-order chi connectivity index (χ1) is 9.15. The van der Waals surface area contributed by atoms with E-state index in [4.69, 9.17) is 17.3 Å². The fourth-order valence-electron chi connectivity index (χ4n) is 1.94. The summed E-state index contributed by atoms with van der Waals surface area (Å²) in [7, 11) is 0. The molecule has 2 aromatic heterocycles. The second-order valence-electron chi connectivity index (χ2n) is 4.08. The summed E-state index contributed by atoms with van der Waals surface area (Å²) in [4.78, 5) is 22.5. The van der Waals surface area contributed by atoms with Crippen LogP contribution in [0.2, 0.25) is 5.28 Å². The number of hydrogen-bond acceptors (Lipinski definition) is 4. The zero-order valence-electron chi connectivity index (χ0n) is 9.80. The van der Waals surface area contributed by atoms with Gasteiger partial charge in [-0.15, -0.1) is 0 Å². The average molecular weight is 276 g/mol. The molecule has 96 valence electrons. The summed E-state index contributed by atoms with van der Waals surface area (Å²) in [5, 5.41) is 0.0193. The normalized spacial score (nSPS) is 11.0. The molecule has 0 radical (unpaired) electrons. The van der Waals surface area contributed by atoms with Crippen molar-refractivity contribution in [2.24, 2.45) is 0 Å². The van der Waals surface area contributed by atoms with Gasteiger partial charge in [0.1, 0.15) is 5.52 Å². The zero-order valence-corrected chi connectivity index (χ0v) is 10.6. The highest BCUT2D eigenvalue weighted by Crippen LogP contribution is 2.17. The van der Waals surface area contributed by atoms with Crippen LogP contribution >= 0.6 is 11.6 Å². The van der Waals surface area contributed by atoms with Gasteiger partial charge in [0, 0.05) is 0 Å². The molecule has 3 N–H and O–H groups in total. The van der Waals surface area contributed by atoms with Gasteiger partial charge in [0.2, 0.25) is 5.28 Å². The van der Waals surface area contributed by atoms with Crippen molar-refractivity contribution in [3.05, 3.63) is 51.7 Å². The standard InChI is InChI=1S/C12H10ClN5O/c13-11-16-9(14)8-10(17-11)18(12(19)15-8)6-7-4-2-1-3-5-7/h1-5H,6H2,(H,15,19)(H2,14,16,17). The maximum Gasteiger partial charge on any atom is 0.328 e. The van der Waals surface area contributed by atoms with Gasteiger partial charge >= 0.3 is 5.69 Å². The molecule has 2 heterocycles. The number of nitrogens with two attached hydrogens (primary N) is 1. The number of nitrogen functional groups attached to an aromatic ring is 1. The van der Waals surface area contributed by atoms with Crippen molar-refractivity contribution in [2.45, 2.75) is 6.54 Å². The first-order valence-corrected chi connectivity index (χ1v) is 5.98. The van der Waals surface area contributed by atoms with Crippen molar-refractivity contribution in [1.29, 1.82) is 0 Å².